The quantitative estimate of drug-likeness (QED) is 0.155. The van der Waals surface area contributed by atoms with E-state index in [0.717, 1.165) is 14.7 Å². The molecule has 0 bridgehead atoms. The highest BCUT2D eigenvalue weighted by Gasteiger charge is 2.38. The average molecular weight is 668 g/mol. The molecule has 0 radical (unpaired) electrons. The molecule has 0 aromatic heterocycles. The molecule has 246 valence electrons. The van der Waals surface area contributed by atoms with Crippen LogP contribution in [-0.2, 0) is 14.3 Å². The number of nitrogens with zero attached hydrogens (tertiary/aromatic N) is 3. The Morgan fingerprint density at radius 1 is 0.640 bits per heavy atom. The molecule has 0 unspecified atom stereocenters. The third-order valence-corrected chi connectivity index (χ3v) is 8.70. The Morgan fingerprint density at radius 2 is 1.24 bits per heavy atom. The van der Waals surface area contributed by atoms with Crippen molar-refractivity contribution in [1.29, 1.82) is 0 Å². The number of imide groups is 3. The number of hydrogen-bond acceptors (Lipinski definition) is 9. The number of carbonyl (C=O) groups excluding carboxylic acids is 8. The van der Waals surface area contributed by atoms with Crippen molar-refractivity contribution < 1.29 is 43.1 Å². The third kappa shape index (κ3) is 5.19. The molecule has 0 saturated heterocycles. The maximum absolute atomic E-state index is 13.6. The summed E-state index contributed by atoms with van der Waals surface area (Å²) in [7, 11) is 1.35. The highest BCUT2D eigenvalue weighted by Crippen LogP contribution is 2.32. The molecular weight excluding hydrogens is 642 g/mol. The molecule has 12 heteroatoms. The van der Waals surface area contributed by atoms with Crippen LogP contribution in [0, 0.1) is 6.92 Å². The smallest absolute Gasteiger partial charge is 0.338 e. The van der Waals surface area contributed by atoms with Crippen LogP contribution in [0.3, 0.4) is 0 Å². The van der Waals surface area contributed by atoms with E-state index >= 15 is 0 Å². The molecule has 12 nitrogen and oxygen atoms in total. The Morgan fingerprint density at radius 3 is 1.92 bits per heavy atom. The van der Waals surface area contributed by atoms with E-state index in [0.29, 0.717) is 11.1 Å². The predicted molar refractivity (Wildman–Crippen MR) is 176 cm³/mol. The van der Waals surface area contributed by atoms with Crippen LogP contribution in [0.4, 0.5) is 5.69 Å². The number of esters is 1. The first-order valence-corrected chi connectivity index (χ1v) is 15.4. The second kappa shape index (κ2) is 12.0. The molecule has 0 saturated carbocycles. The van der Waals surface area contributed by atoms with E-state index in [1.54, 1.807) is 43.3 Å². The number of rotatable bonds is 8. The highest BCUT2D eigenvalue weighted by atomic mass is 16.5. The van der Waals surface area contributed by atoms with Gasteiger partial charge >= 0.3 is 5.97 Å². The summed E-state index contributed by atoms with van der Waals surface area (Å²) in [5.74, 6) is -4.71. The Kier molecular flexibility index (Phi) is 7.63. The fourth-order valence-electron chi connectivity index (χ4n) is 6.15. The molecule has 4 aromatic rings. The van der Waals surface area contributed by atoms with Gasteiger partial charge in [-0.1, -0.05) is 42.5 Å². The Bertz CT molecular complexity index is 2290. The zero-order valence-electron chi connectivity index (χ0n) is 26.6. The van der Waals surface area contributed by atoms with Crippen LogP contribution in [0.2, 0.25) is 0 Å². The minimum absolute atomic E-state index is 0.0259. The second-order valence-electron chi connectivity index (χ2n) is 11.9. The fraction of sp³-hybridized carbons (Fsp3) is 0.105. The minimum atomic E-state index is -0.796. The zero-order valence-corrected chi connectivity index (χ0v) is 26.6. The SMILES string of the molecule is Cc1cc(C(=O)OCCN2C(=O)C=C(c3ccccc3)C2=O)cc(N2C(=O)c3ccc(C(=O)c4ccc5c(c4)C(=O)N(C)C5=O)cc3C2=O)c1. The number of anilines is 1. The molecule has 0 N–H and O–H groups in total. The van der Waals surface area contributed by atoms with Gasteiger partial charge in [0.05, 0.1) is 45.6 Å². The molecule has 0 fully saturated rings. The largest absolute Gasteiger partial charge is 0.460 e. The fourth-order valence-corrected chi connectivity index (χ4v) is 6.15. The van der Waals surface area contributed by atoms with E-state index in [2.05, 4.69) is 0 Å². The van der Waals surface area contributed by atoms with Crippen LogP contribution >= 0.6 is 0 Å². The number of ketones is 1. The number of aryl methyl sites for hydroxylation is 1. The standard InChI is InChI=1S/C38H25N3O9/c1-20-14-24(38(49)50-13-12-40-31(42)19-28(35(40)46)21-6-4-3-5-7-21)16-25(15-20)41-36(47)27-11-9-23(18-30(27)37(41)48)32(43)22-8-10-26-29(17-22)34(45)39(2)33(26)44/h3-11,14-19H,12-13H2,1-2H3. The first-order valence-electron chi connectivity index (χ1n) is 15.4. The molecule has 0 atom stereocenters. The van der Waals surface area contributed by atoms with Crippen molar-refractivity contribution in [3.8, 4) is 0 Å². The van der Waals surface area contributed by atoms with E-state index in [4.69, 9.17) is 4.74 Å². The third-order valence-electron chi connectivity index (χ3n) is 8.70. The van der Waals surface area contributed by atoms with Gasteiger partial charge in [-0.2, -0.15) is 0 Å². The molecule has 7 rings (SSSR count). The number of benzene rings is 4. The van der Waals surface area contributed by atoms with Crippen molar-refractivity contribution in [2.24, 2.45) is 0 Å². The molecule has 50 heavy (non-hydrogen) atoms. The Hall–Kier alpha value is -6.82. The van der Waals surface area contributed by atoms with Crippen molar-refractivity contribution in [2.45, 2.75) is 6.92 Å². The minimum Gasteiger partial charge on any atom is -0.460 e. The second-order valence-corrected chi connectivity index (χ2v) is 11.9. The summed E-state index contributed by atoms with van der Waals surface area (Å²) in [6.07, 6.45) is 1.24. The van der Waals surface area contributed by atoms with Crippen molar-refractivity contribution in [1.82, 2.24) is 9.80 Å². The molecule has 3 aliphatic heterocycles. The lowest BCUT2D eigenvalue weighted by Crippen LogP contribution is -2.34. The average Bonchev–Trinajstić information content (AvgIpc) is 3.64. The van der Waals surface area contributed by atoms with Gasteiger partial charge in [-0.3, -0.25) is 43.4 Å². The van der Waals surface area contributed by atoms with Crippen molar-refractivity contribution in [2.75, 3.05) is 25.1 Å². The molecule has 3 aliphatic rings. The zero-order chi connectivity index (χ0) is 35.4. The van der Waals surface area contributed by atoms with Crippen LogP contribution in [0.25, 0.3) is 5.57 Å². The van der Waals surface area contributed by atoms with E-state index in [-0.39, 0.29) is 63.4 Å². The number of amides is 6. The first kappa shape index (κ1) is 31.8. The summed E-state index contributed by atoms with van der Waals surface area (Å²) in [5.41, 5.74) is 2.04. The summed E-state index contributed by atoms with van der Waals surface area (Å²) in [6.45, 7) is 1.20. The van der Waals surface area contributed by atoms with Crippen LogP contribution in [0.1, 0.15) is 78.8 Å². The molecular formula is C38H25N3O9. The summed E-state index contributed by atoms with van der Waals surface area (Å²) in [4.78, 5) is 106. The molecule has 0 aliphatic carbocycles. The van der Waals surface area contributed by atoms with E-state index in [1.165, 1.54) is 61.7 Å². The number of hydrogen-bond donors (Lipinski definition) is 0. The van der Waals surface area contributed by atoms with E-state index in [1.807, 2.05) is 0 Å². The van der Waals surface area contributed by atoms with Gasteiger partial charge in [-0.25, -0.2) is 9.69 Å². The normalized spacial score (nSPS) is 15.2. The molecule has 0 spiro atoms. The van der Waals surface area contributed by atoms with Crippen molar-refractivity contribution >= 4 is 58.5 Å². The molecule has 4 aromatic carbocycles. The molecule has 6 amide bonds. The van der Waals surface area contributed by atoms with Gasteiger partial charge in [0.25, 0.3) is 35.4 Å². The van der Waals surface area contributed by atoms with E-state index in [9.17, 15) is 38.4 Å². The van der Waals surface area contributed by atoms with Crippen molar-refractivity contribution in [3.63, 3.8) is 0 Å². The number of carbonyl (C=O) groups is 8. The van der Waals surface area contributed by atoms with Crippen LogP contribution in [0.15, 0.2) is 91.0 Å². The molecule has 3 heterocycles. The van der Waals surface area contributed by atoms with Gasteiger partial charge in [0.1, 0.15) is 6.61 Å². The highest BCUT2D eigenvalue weighted by molar-refractivity contribution is 6.35. The lowest BCUT2D eigenvalue weighted by Gasteiger charge is -2.17. The van der Waals surface area contributed by atoms with Crippen LogP contribution in [-0.4, -0.2) is 77.2 Å². The monoisotopic (exact) mass is 667 g/mol. The summed E-state index contributed by atoms with van der Waals surface area (Å²) in [6, 6.07) is 21.3. The van der Waals surface area contributed by atoms with E-state index < -0.39 is 47.2 Å². The van der Waals surface area contributed by atoms with Gasteiger partial charge < -0.3 is 4.74 Å². The van der Waals surface area contributed by atoms with Gasteiger partial charge in [-0.15, -0.1) is 0 Å². The number of ether oxygens (including phenoxy) is 1. The van der Waals surface area contributed by atoms with Crippen LogP contribution < -0.4 is 4.90 Å². The maximum atomic E-state index is 13.6. The van der Waals surface area contributed by atoms with Gasteiger partial charge in [0.15, 0.2) is 5.78 Å². The summed E-state index contributed by atoms with van der Waals surface area (Å²) >= 11 is 0. The lowest BCUT2D eigenvalue weighted by atomic mass is 9.96. The van der Waals surface area contributed by atoms with Crippen molar-refractivity contribution in [3.05, 3.63) is 141 Å². The first-order chi connectivity index (χ1) is 23.9. The maximum Gasteiger partial charge on any atom is 0.338 e. The van der Waals surface area contributed by atoms with Crippen LogP contribution in [0.5, 0.6) is 0 Å². The van der Waals surface area contributed by atoms with Gasteiger partial charge in [0, 0.05) is 24.3 Å². The Balaban J connectivity index is 1.05. The van der Waals surface area contributed by atoms with Gasteiger partial charge in [-0.05, 0) is 60.5 Å². The summed E-state index contributed by atoms with van der Waals surface area (Å²) in [5, 5.41) is 0. The number of fused-ring (bicyclic) bond motifs is 2. The summed E-state index contributed by atoms with van der Waals surface area (Å²) < 4.78 is 5.37. The Labute approximate surface area is 284 Å². The lowest BCUT2D eigenvalue weighted by molar-refractivity contribution is -0.137. The predicted octanol–water partition coefficient (Wildman–Crippen LogP) is 3.86. The topological polar surface area (TPSA) is 156 Å². The van der Waals surface area contributed by atoms with Gasteiger partial charge in [0.2, 0.25) is 0 Å².